The smallest absolute Gasteiger partial charge is 0.123 e. The highest BCUT2D eigenvalue weighted by molar-refractivity contribution is 9.10. The maximum absolute atomic E-state index is 5.70. The minimum Gasteiger partial charge on any atom is -0.486 e. The average molecular weight is 239 g/mol. The van der Waals surface area contributed by atoms with Crippen LogP contribution in [-0.4, -0.2) is 6.10 Å². The summed E-state index contributed by atoms with van der Waals surface area (Å²) in [6.45, 7) is 3.74. The molecule has 0 saturated carbocycles. The number of rotatable bonds is 1. The first-order valence-corrected chi connectivity index (χ1v) is 5.16. The van der Waals surface area contributed by atoms with Crippen molar-refractivity contribution in [3.8, 4) is 5.75 Å². The number of benzene rings is 1. The molecular formula is C11H11BrO. The monoisotopic (exact) mass is 238 g/mol. The van der Waals surface area contributed by atoms with Crippen molar-refractivity contribution in [2.24, 2.45) is 0 Å². The molecule has 1 atom stereocenters. The van der Waals surface area contributed by atoms with Crippen LogP contribution in [0.5, 0.6) is 5.75 Å². The second-order valence-corrected chi connectivity index (χ2v) is 4.10. The summed E-state index contributed by atoms with van der Waals surface area (Å²) in [5.41, 5.74) is 1.28. The van der Waals surface area contributed by atoms with E-state index in [-0.39, 0.29) is 6.10 Å². The average Bonchev–Trinajstić information content (AvgIpc) is 2.17. The SMILES string of the molecule is C=CC1CCc2cc(Br)ccc2O1. The van der Waals surface area contributed by atoms with E-state index in [1.54, 1.807) is 0 Å². The molecule has 0 spiro atoms. The van der Waals surface area contributed by atoms with Crippen LogP contribution in [0.1, 0.15) is 12.0 Å². The van der Waals surface area contributed by atoms with Crippen molar-refractivity contribution in [3.63, 3.8) is 0 Å². The first-order chi connectivity index (χ1) is 6.29. The van der Waals surface area contributed by atoms with Gasteiger partial charge in [-0.05, 0) is 36.6 Å². The Kier molecular flexibility index (Phi) is 2.40. The Morgan fingerprint density at radius 1 is 1.54 bits per heavy atom. The van der Waals surface area contributed by atoms with E-state index in [1.807, 2.05) is 18.2 Å². The van der Waals surface area contributed by atoms with Crippen molar-refractivity contribution < 1.29 is 4.74 Å². The third-order valence-corrected chi connectivity index (χ3v) is 2.76. The molecule has 0 amide bonds. The minimum atomic E-state index is 0.189. The van der Waals surface area contributed by atoms with Crippen LogP contribution >= 0.6 is 15.9 Å². The Labute approximate surface area is 86.5 Å². The van der Waals surface area contributed by atoms with E-state index in [1.165, 1.54) is 5.56 Å². The molecule has 0 fully saturated rings. The summed E-state index contributed by atoms with van der Waals surface area (Å²) >= 11 is 3.45. The van der Waals surface area contributed by atoms with Gasteiger partial charge in [-0.2, -0.15) is 0 Å². The van der Waals surface area contributed by atoms with Gasteiger partial charge in [0.2, 0.25) is 0 Å². The fourth-order valence-corrected chi connectivity index (χ4v) is 1.95. The molecule has 1 nitrogen and oxygen atoms in total. The second-order valence-electron chi connectivity index (χ2n) is 3.18. The van der Waals surface area contributed by atoms with Crippen molar-refractivity contribution >= 4 is 15.9 Å². The fourth-order valence-electron chi connectivity index (χ4n) is 1.54. The van der Waals surface area contributed by atoms with Gasteiger partial charge in [0.15, 0.2) is 0 Å². The van der Waals surface area contributed by atoms with Crippen LogP contribution in [0.3, 0.4) is 0 Å². The van der Waals surface area contributed by atoms with Crippen LogP contribution in [0.15, 0.2) is 35.3 Å². The van der Waals surface area contributed by atoms with Crippen molar-refractivity contribution in [3.05, 3.63) is 40.9 Å². The van der Waals surface area contributed by atoms with Gasteiger partial charge >= 0.3 is 0 Å². The predicted molar refractivity (Wildman–Crippen MR) is 57.1 cm³/mol. The quantitative estimate of drug-likeness (QED) is 0.683. The highest BCUT2D eigenvalue weighted by atomic mass is 79.9. The summed E-state index contributed by atoms with van der Waals surface area (Å²) in [6, 6.07) is 6.13. The van der Waals surface area contributed by atoms with Crippen molar-refractivity contribution in [2.45, 2.75) is 18.9 Å². The van der Waals surface area contributed by atoms with Gasteiger partial charge in [-0.1, -0.05) is 28.6 Å². The number of ether oxygens (including phenoxy) is 1. The molecule has 1 aromatic carbocycles. The molecule has 1 aromatic rings. The van der Waals surface area contributed by atoms with Gasteiger partial charge in [0.1, 0.15) is 11.9 Å². The Balaban J connectivity index is 2.31. The molecule has 0 radical (unpaired) electrons. The van der Waals surface area contributed by atoms with E-state index < -0.39 is 0 Å². The minimum absolute atomic E-state index is 0.189. The molecule has 2 heteroatoms. The van der Waals surface area contributed by atoms with Gasteiger partial charge in [-0.3, -0.25) is 0 Å². The lowest BCUT2D eigenvalue weighted by Gasteiger charge is -2.23. The molecule has 1 heterocycles. The van der Waals surface area contributed by atoms with Crippen LogP contribution in [-0.2, 0) is 6.42 Å². The number of aryl methyl sites for hydroxylation is 1. The molecule has 68 valence electrons. The van der Waals surface area contributed by atoms with Crippen LogP contribution in [0.2, 0.25) is 0 Å². The molecule has 1 aliphatic heterocycles. The Bertz CT molecular complexity index is 333. The Morgan fingerprint density at radius 2 is 2.38 bits per heavy atom. The van der Waals surface area contributed by atoms with Gasteiger partial charge in [0.05, 0.1) is 0 Å². The van der Waals surface area contributed by atoms with E-state index in [9.17, 15) is 0 Å². The van der Waals surface area contributed by atoms with E-state index >= 15 is 0 Å². The Morgan fingerprint density at radius 3 is 3.15 bits per heavy atom. The highest BCUT2D eigenvalue weighted by Crippen LogP contribution is 2.30. The number of fused-ring (bicyclic) bond motifs is 1. The summed E-state index contributed by atoms with van der Waals surface area (Å²) in [7, 11) is 0. The number of hydrogen-bond donors (Lipinski definition) is 0. The number of hydrogen-bond acceptors (Lipinski definition) is 1. The molecule has 1 unspecified atom stereocenters. The summed E-state index contributed by atoms with van der Waals surface area (Å²) in [5, 5.41) is 0. The van der Waals surface area contributed by atoms with E-state index in [0.717, 1.165) is 23.1 Å². The van der Waals surface area contributed by atoms with E-state index in [4.69, 9.17) is 4.74 Å². The molecule has 0 N–H and O–H groups in total. The van der Waals surface area contributed by atoms with Crippen LogP contribution in [0, 0.1) is 0 Å². The Hall–Kier alpha value is -0.760. The summed E-state index contributed by atoms with van der Waals surface area (Å²) < 4.78 is 6.81. The molecule has 2 rings (SSSR count). The van der Waals surface area contributed by atoms with Crippen LogP contribution in [0.4, 0.5) is 0 Å². The lowest BCUT2D eigenvalue weighted by atomic mass is 10.0. The van der Waals surface area contributed by atoms with Gasteiger partial charge < -0.3 is 4.74 Å². The lowest BCUT2D eigenvalue weighted by molar-refractivity contribution is 0.219. The zero-order valence-electron chi connectivity index (χ0n) is 7.29. The third-order valence-electron chi connectivity index (χ3n) is 2.26. The molecule has 13 heavy (non-hydrogen) atoms. The van der Waals surface area contributed by atoms with Crippen molar-refractivity contribution in [1.29, 1.82) is 0 Å². The second kappa shape index (κ2) is 3.54. The van der Waals surface area contributed by atoms with E-state index in [0.29, 0.717) is 0 Å². The summed E-state index contributed by atoms with van der Waals surface area (Å²) in [5.74, 6) is 0.999. The number of halogens is 1. The largest absolute Gasteiger partial charge is 0.486 e. The molecular weight excluding hydrogens is 228 g/mol. The maximum atomic E-state index is 5.70. The first-order valence-electron chi connectivity index (χ1n) is 4.37. The molecule has 0 aromatic heterocycles. The summed E-state index contributed by atoms with van der Waals surface area (Å²) in [6.07, 6.45) is 4.16. The van der Waals surface area contributed by atoms with Crippen LogP contribution < -0.4 is 4.74 Å². The zero-order chi connectivity index (χ0) is 9.26. The third kappa shape index (κ3) is 1.78. The molecule has 0 aliphatic carbocycles. The van der Waals surface area contributed by atoms with Gasteiger partial charge in [0, 0.05) is 4.47 Å². The molecule has 1 aliphatic rings. The fraction of sp³-hybridized carbons (Fsp3) is 0.273. The van der Waals surface area contributed by atoms with E-state index in [2.05, 4.69) is 28.6 Å². The normalized spacial score (nSPS) is 20.2. The van der Waals surface area contributed by atoms with Gasteiger partial charge in [-0.25, -0.2) is 0 Å². The topological polar surface area (TPSA) is 9.23 Å². The van der Waals surface area contributed by atoms with Crippen LogP contribution in [0.25, 0.3) is 0 Å². The first kappa shape index (κ1) is 8.82. The van der Waals surface area contributed by atoms with Gasteiger partial charge in [-0.15, -0.1) is 0 Å². The molecule has 0 saturated heterocycles. The lowest BCUT2D eigenvalue weighted by Crippen LogP contribution is -2.19. The summed E-state index contributed by atoms with van der Waals surface area (Å²) in [4.78, 5) is 0. The van der Waals surface area contributed by atoms with Gasteiger partial charge in [0.25, 0.3) is 0 Å². The predicted octanol–water partition coefficient (Wildman–Crippen LogP) is 3.33. The highest BCUT2D eigenvalue weighted by Gasteiger charge is 2.16. The van der Waals surface area contributed by atoms with Crippen molar-refractivity contribution in [2.75, 3.05) is 0 Å². The standard InChI is InChI=1S/C11H11BrO/c1-2-10-5-3-8-7-9(12)4-6-11(8)13-10/h2,4,6-7,10H,1,3,5H2. The van der Waals surface area contributed by atoms with Crippen molar-refractivity contribution in [1.82, 2.24) is 0 Å². The molecule has 0 bridgehead atoms. The zero-order valence-corrected chi connectivity index (χ0v) is 8.88. The maximum Gasteiger partial charge on any atom is 0.123 e.